The summed E-state index contributed by atoms with van der Waals surface area (Å²) < 4.78 is 29.7. The minimum Gasteiger partial charge on any atom is -0.379 e. The normalized spacial score (nSPS) is 18.6. The largest absolute Gasteiger partial charge is 0.379 e. The van der Waals surface area contributed by atoms with Crippen LogP contribution in [0.1, 0.15) is 23.7 Å². The number of aryl methyl sites for hydroxylation is 1. The monoisotopic (exact) mass is 396 g/mol. The third-order valence-corrected chi connectivity index (χ3v) is 5.70. The van der Waals surface area contributed by atoms with Crippen molar-refractivity contribution >= 4 is 33.2 Å². The van der Waals surface area contributed by atoms with Crippen molar-refractivity contribution < 1.29 is 13.2 Å². The maximum Gasteiger partial charge on any atom is 0.222 e. The molecule has 3 rings (SSSR count). The molecule has 1 aromatic carbocycles. The van der Waals surface area contributed by atoms with E-state index in [-0.39, 0.29) is 16.9 Å². The van der Waals surface area contributed by atoms with Crippen molar-refractivity contribution in [2.75, 3.05) is 36.6 Å². The Labute approximate surface area is 158 Å². The molecule has 2 heterocycles. The summed E-state index contributed by atoms with van der Waals surface area (Å²) in [5.74, 6) is 0.867. The average Bonchev–Trinajstić information content (AvgIpc) is 2.79. The van der Waals surface area contributed by atoms with Crippen LogP contribution in [0.15, 0.2) is 29.2 Å². The quantitative estimate of drug-likeness (QED) is 0.850. The first kappa shape index (κ1) is 18.9. The average molecular weight is 397 g/mol. The Balaban J connectivity index is 2.10. The van der Waals surface area contributed by atoms with Crippen LogP contribution in [-0.4, -0.2) is 44.4 Å². The van der Waals surface area contributed by atoms with Crippen molar-refractivity contribution in [2.24, 2.45) is 0 Å². The SMILES string of the molecule is Cc1cc(N2CCCOC[C@@H]2c2cc(S(C)(=O)=O)ccc2Cl)nc(N)n1. The summed E-state index contributed by atoms with van der Waals surface area (Å²) in [5, 5.41) is 0.483. The minimum atomic E-state index is -3.35. The van der Waals surface area contributed by atoms with Crippen molar-refractivity contribution in [3.63, 3.8) is 0 Å². The highest BCUT2D eigenvalue weighted by molar-refractivity contribution is 7.90. The summed E-state index contributed by atoms with van der Waals surface area (Å²) in [6, 6.07) is 6.30. The fourth-order valence-corrected chi connectivity index (χ4v) is 3.94. The Morgan fingerprint density at radius 2 is 2.08 bits per heavy atom. The molecule has 1 fully saturated rings. The van der Waals surface area contributed by atoms with E-state index in [4.69, 9.17) is 22.1 Å². The number of aromatic nitrogens is 2. The van der Waals surface area contributed by atoms with Crippen LogP contribution in [0.3, 0.4) is 0 Å². The molecule has 0 unspecified atom stereocenters. The van der Waals surface area contributed by atoms with E-state index in [1.807, 2.05) is 17.9 Å². The maximum atomic E-state index is 12.0. The second-order valence-corrected chi connectivity index (χ2v) is 8.74. The number of halogens is 1. The highest BCUT2D eigenvalue weighted by atomic mass is 35.5. The predicted molar refractivity (Wildman–Crippen MR) is 101 cm³/mol. The van der Waals surface area contributed by atoms with Gasteiger partial charge in [-0.3, -0.25) is 0 Å². The lowest BCUT2D eigenvalue weighted by Gasteiger charge is -2.31. The molecule has 0 bridgehead atoms. The summed E-state index contributed by atoms with van der Waals surface area (Å²) in [5.41, 5.74) is 7.26. The highest BCUT2D eigenvalue weighted by Gasteiger charge is 2.28. The molecule has 2 N–H and O–H groups in total. The van der Waals surface area contributed by atoms with E-state index in [0.717, 1.165) is 12.1 Å². The van der Waals surface area contributed by atoms with Crippen molar-refractivity contribution in [3.05, 3.63) is 40.5 Å². The predicted octanol–water partition coefficient (Wildman–Crippen LogP) is 2.39. The molecule has 2 aromatic rings. The Hall–Kier alpha value is -1.90. The van der Waals surface area contributed by atoms with Gasteiger partial charge in [0.25, 0.3) is 0 Å². The molecular weight excluding hydrogens is 376 g/mol. The smallest absolute Gasteiger partial charge is 0.222 e. The third kappa shape index (κ3) is 4.08. The van der Waals surface area contributed by atoms with E-state index < -0.39 is 9.84 Å². The van der Waals surface area contributed by atoms with E-state index in [9.17, 15) is 8.42 Å². The van der Waals surface area contributed by atoms with Crippen LogP contribution in [0, 0.1) is 6.92 Å². The van der Waals surface area contributed by atoms with Gasteiger partial charge in [0, 0.05) is 36.2 Å². The van der Waals surface area contributed by atoms with Crippen molar-refractivity contribution in [1.29, 1.82) is 0 Å². The number of nitrogens with two attached hydrogens (primary N) is 1. The Morgan fingerprint density at radius 1 is 1.31 bits per heavy atom. The molecule has 0 spiro atoms. The summed E-state index contributed by atoms with van der Waals surface area (Å²) >= 11 is 6.41. The second kappa shape index (κ2) is 7.38. The van der Waals surface area contributed by atoms with Crippen LogP contribution in [0.2, 0.25) is 5.02 Å². The van der Waals surface area contributed by atoms with Crippen molar-refractivity contribution in [3.8, 4) is 0 Å². The van der Waals surface area contributed by atoms with Gasteiger partial charge in [-0.05, 0) is 37.1 Å². The van der Waals surface area contributed by atoms with Crippen molar-refractivity contribution in [2.45, 2.75) is 24.3 Å². The van der Waals surface area contributed by atoms with Crippen LogP contribution in [0.4, 0.5) is 11.8 Å². The van der Waals surface area contributed by atoms with Gasteiger partial charge in [0.1, 0.15) is 5.82 Å². The highest BCUT2D eigenvalue weighted by Crippen LogP contribution is 2.34. The molecule has 1 atom stereocenters. The fourth-order valence-electron chi connectivity index (χ4n) is 3.04. The van der Waals surface area contributed by atoms with E-state index in [2.05, 4.69) is 9.97 Å². The first-order valence-electron chi connectivity index (χ1n) is 8.21. The number of hydrogen-bond acceptors (Lipinski definition) is 7. The lowest BCUT2D eigenvalue weighted by molar-refractivity contribution is 0.134. The summed E-state index contributed by atoms with van der Waals surface area (Å²) in [6.07, 6.45) is 1.98. The zero-order valence-electron chi connectivity index (χ0n) is 14.6. The number of rotatable bonds is 3. The molecule has 1 saturated heterocycles. The standard InChI is InChI=1S/C17H21ClN4O3S/c1-11-8-16(21-17(19)20-11)22-6-3-7-25-10-15(22)13-9-12(26(2,23)24)4-5-14(13)18/h4-5,8-9,15H,3,6-7,10H2,1-2H3,(H2,19,20,21)/t15-/m1/s1. The Morgan fingerprint density at radius 3 is 2.77 bits per heavy atom. The van der Waals surface area contributed by atoms with Gasteiger partial charge in [0.2, 0.25) is 5.95 Å². The molecule has 0 radical (unpaired) electrons. The molecule has 9 heteroatoms. The molecule has 1 aliphatic rings. The number of hydrogen-bond donors (Lipinski definition) is 1. The van der Waals surface area contributed by atoms with E-state index in [1.54, 1.807) is 12.1 Å². The van der Waals surface area contributed by atoms with Crippen LogP contribution < -0.4 is 10.6 Å². The zero-order valence-corrected chi connectivity index (χ0v) is 16.2. The van der Waals surface area contributed by atoms with Gasteiger partial charge in [-0.2, -0.15) is 4.98 Å². The van der Waals surface area contributed by atoms with Gasteiger partial charge in [-0.1, -0.05) is 11.6 Å². The Bertz CT molecular complexity index is 900. The molecule has 7 nitrogen and oxygen atoms in total. The van der Waals surface area contributed by atoms with Crippen LogP contribution in [0.5, 0.6) is 0 Å². The molecule has 1 aliphatic heterocycles. The van der Waals surface area contributed by atoms with Gasteiger partial charge in [-0.25, -0.2) is 13.4 Å². The van der Waals surface area contributed by atoms with Gasteiger partial charge in [0.05, 0.1) is 17.5 Å². The second-order valence-electron chi connectivity index (χ2n) is 6.32. The van der Waals surface area contributed by atoms with Crippen LogP contribution >= 0.6 is 11.6 Å². The van der Waals surface area contributed by atoms with Gasteiger partial charge >= 0.3 is 0 Å². The fraction of sp³-hybridized carbons (Fsp3) is 0.412. The molecule has 0 saturated carbocycles. The molecule has 1 aromatic heterocycles. The molecule has 0 amide bonds. The summed E-state index contributed by atoms with van der Waals surface area (Å²) in [7, 11) is -3.35. The van der Waals surface area contributed by atoms with Gasteiger partial charge in [0.15, 0.2) is 9.84 Å². The summed E-state index contributed by atoms with van der Waals surface area (Å²) in [4.78, 5) is 10.7. The van der Waals surface area contributed by atoms with E-state index in [0.29, 0.717) is 36.2 Å². The first-order valence-corrected chi connectivity index (χ1v) is 10.5. The van der Waals surface area contributed by atoms with E-state index in [1.165, 1.54) is 12.3 Å². The molecular formula is C17H21ClN4O3S. The lowest BCUT2D eigenvalue weighted by Crippen LogP contribution is -2.32. The molecule has 140 valence electrons. The number of ether oxygens (including phenoxy) is 1. The topological polar surface area (TPSA) is 98.4 Å². The third-order valence-electron chi connectivity index (χ3n) is 4.25. The summed E-state index contributed by atoms with van der Waals surface area (Å²) in [6.45, 7) is 3.51. The Kier molecular flexibility index (Phi) is 5.36. The molecule has 0 aliphatic carbocycles. The van der Waals surface area contributed by atoms with Gasteiger partial charge < -0.3 is 15.4 Å². The maximum absolute atomic E-state index is 12.0. The number of nitrogen functional groups attached to an aromatic ring is 1. The zero-order chi connectivity index (χ0) is 18.9. The minimum absolute atomic E-state index is 0.194. The van der Waals surface area contributed by atoms with Crippen molar-refractivity contribution in [1.82, 2.24) is 9.97 Å². The number of nitrogens with zero attached hydrogens (tertiary/aromatic N) is 3. The molecule has 26 heavy (non-hydrogen) atoms. The van der Waals surface area contributed by atoms with Crippen LogP contribution in [0.25, 0.3) is 0 Å². The number of benzene rings is 1. The first-order chi connectivity index (χ1) is 12.3. The number of sulfone groups is 1. The lowest BCUT2D eigenvalue weighted by atomic mass is 10.1. The van der Waals surface area contributed by atoms with Gasteiger partial charge in [-0.15, -0.1) is 0 Å². The number of anilines is 2. The van der Waals surface area contributed by atoms with Crippen LogP contribution in [-0.2, 0) is 14.6 Å². The van der Waals surface area contributed by atoms with E-state index >= 15 is 0 Å².